The highest BCUT2D eigenvalue weighted by atomic mass is 35.5. The molecule has 29 heavy (non-hydrogen) atoms. The molecule has 0 aliphatic rings. The van der Waals surface area contributed by atoms with E-state index >= 15 is 0 Å². The molecular weight excluding hydrogens is 394 g/mol. The van der Waals surface area contributed by atoms with Gasteiger partial charge in [-0.2, -0.15) is 0 Å². The average molecular weight is 412 g/mol. The minimum Gasteiger partial charge on any atom is -0.449 e. The maximum Gasteiger partial charge on any atom is 0.331 e. The van der Waals surface area contributed by atoms with Crippen LogP contribution in [0, 0.1) is 0 Å². The van der Waals surface area contributed by atoms with Gasteiger partial charge in [0.2, 0.25) is 0 Å². The second-order valence-electron chi connectivity index (χ2n) is 6.26. The molecular formula is C21H18ClN3O4. The minimum absolute atomic E-state index is 0.114. The highest BCUT2D eigenvalue weighted by molar-refractivity contribution is 6.31. The van der Waals surface area contributed by atoms with E-state index in [0.29, 0.717) is 22.6 Å². The lowest BCUT2D eigenvalue weighted by Gasteiger charge is -2.12. The molecule has 0 bridgehead atoms. The van der Waals surface area contributed by atoms with E-state index in [-0.39, 0.29) is 10.9 Å². The number of imidazole rings is 1. The summed E-state index contributed by atoms with van der Waals surface area (Å²) >= 11 is 6.11. The maximum atomic E-state index is 12.3. The number of carbonyl (C=O) groups excluding carboxylic acids is 3. The molecule has 0 unspecified atom stereocenters. The van der Waals surface area contributed by atoms with E-state index < -0.39 is 18.0 Å². The van der Waals surface area contributed by atoms with Crippen molar-refractivity contribution in [1.29, 1.82) is 0 Å². The summed E-state index contributed by atoms with van der Waals surface area (Å²) in [5.41, 5.74) is 2.09. The molecule has 2 aromatic heterocycles. The SMILES string of the molecule is CC(=O)c1cccc(NC(=O)[C@H](C)OC(=O)/C=C/c2c(Cl)nc3ccccn23)c1. The molecule has 8 heteroatoms. The summed E-state index contributed by atoms with van der Waals surface area (Å²) < 4.78 is 6.86. The predicted octanol–water partition coefficient (Wildman–Crippen LogP) is 3.77. The summed E-state index contributed by atoms with van der Waals surface area (Å²) in [6, 6.07) is 11.9. The van der Waals surface area contributed by atoms with Crippen LogP contribution in [0.3, 0.4) is 0 Å². The Bertz CT molecular complexity index is 1120. The lowest BCUT2D eigenvalue weighted by atomic mass is 10.1. The van der Waals surface area contributed by atoms with Crippen molar-refractivity contribution >= 4 is 46.7 Å². The molecule has 1 N–H and O–H groups in total. The number of Topliss-reactive ketones (excluding diaryl/α,β-unsaturated/α-hetero) is 1. The third-order valence-corrected chi connectivity index (χ3v) is 4.38. The van der Waals surface area contributed by atoms with Crippen LogP contribution in [0.25, 0.3) is 11.7 Å². The van der Waals surface area contributed by atoms with Crippen LogP contribution in [0.1, 0.15) is 29.9 Å². The minimum atomic E-state index is -1.04. The number of nitrogens with zero attached hydrogens (tertiary/aromatic N) is 2. The number of benzene rings is 1. The number of esters is 1. The molecule has 0 aliphatic heterocycles. The molecule has 1 amide bonds. The van der Waals surface area contributed by atoms with Gasteiger partial charge in [-0.1, -0.05) is 29.8 Å². The average Bonchev–Trinajstić information content (AvgIpc) is 3.01. The molecule has 0 spiro atoms. The number of fused-ring (bicyclic) bond motifs is 1. The van der Waals surface area contributed by atoms with Crippen LogP contribution in [0.4, 0.5) is 5.69 Å². The zero-order valence-electron chi connectivity index (χ0n) is 15.8. The van der Waals surface area contributed by atoms with Gasteiger partial charge in [-0.25, -0.2) is 9.78 Å². The monoisotopic (exact) mass is 411 g/mol. The van der Waals surface area contributed by atoms with E-state index in [2.05, 4.69) is 10.3 Å². The van der Waals surface area contributed by atoms with Gasteiger partial charge in [0.1, 0.15) is 5.65 Å². The zero-order valence-corrected chi connectivity index (χ0v) is 16.5. The zero-order chi connectivity index (χ0) is 21.0. The van der Waals surface area contributed by atoms with E-state index in [4.69, 9.17) is 16.3 Å². The van der Waals surface area contributed by atoms with Crippen molar-refractivity contribution in [2.45, 2.75) is 20.0 Å². The van der Waals surface area contributed by atoms with Gasteiger partial charge < -0.3 is 10.1 Å². The van der Waals surface area contributed by atoms with E-state index in [0.717, 1.165) is 0 Å². The quantitative estimate of drug-likeness (QED) is 0.379. The second-order valence-corrected chi connectivity index (χ2v) is 6.61. The summed E-state index contributed by atoms with van der Waals surface area (Å²) in [7, 11) is 0. The summed E-state index contributed by atoms with van der Waals surface area (Å²) in [5.74, 6) is -1.33. The highest BCUT2D eigenvalue weighted by Gasteiger charge is 2.17. The molecule has 0 aliphatic carbocycles. The fourth-order valence-electron chi connectivity index (χ4n) is 2.61. The van der Waals surface area contributed by atoms with E-state index in [1.54, 1.807) is 40.9 Å². The maximum absolute atomic E-state index is 12.3. The van der Waals surface area contributed by atoms with Crippen molar-refractivity contribution in [3.8, 4) is 0 Å². The first-order valence-electron chi connectivity index (χ1n) is 8.78. The molecule has 3 aromatic rings. The van der Waals surface area contributed by atoms with Crippen molar-refractivity contribution in [2.75, 3.05) is 5.32 Å². The van der Waals surface area contributed by atoms with Crippen LogP contribution >= 0.6 is 11.6 Å². The molecule has 148 valence electrons. The Morgan fingerprint density at radius 3 is 2.76 bits per heavy atom. The van der Waals surface area contributed by atoms with Crippen LogP contribution < -0.4 is 5.32 Å². The Balaban J connectivity index is 1.63. The Labute approximate surface area is 172 Å². The van der Waals surface area contributed by atoms with Gasteiger partial charge in [0, 0.05) is 23.5 Å². The van der Waals surface area contributed by atoms with Crippen LogP contribution in [0.2, 0.25) is 5.15 Å². The van der Waals surface area contributed by atoms with Crippen LogP contribution in [0.5, 0.6) is 0 Å². The second kappa shape index (κ2) is 8.70. The number of pyridine rings is 1. The van der Waals surface area contributed by atoms with Gasteiger partial charge >= 0.3 is 5.97 Å². The number of aromatic nitrogens is 2. The Hall–Kier alpha value is -3.45. The number of ketones is 1. The molecule has 0 radical (unpaired) electrons. The number of hydrogen-bond acceptors (Lipinski definition) is 5. The summed E-state index contributed by atoms with van der Waals surface area (Å²) in [6.07, 6.45) is 3.39. The number of hydrogen-bond donors (Lipinski definition) is 1. The summed E-state index contributed by atoms with van der Waals surface area (Å²) in [6.45, 7) is 2.89. The van der Waals surface area contributed by atoms with E-state index in [1.807, 2.05) is 12.1 Å². The van der Waals surface area contributed by atoms with Gasteiger partial charge in [0.15, 0.2) is 17.0 Å². The van der Waals surface area contributed by atoms with Crippen LogP contribution in [0.15, 0.2) is 54.7 Å². The fraction of sp³-hybridized carbons (Fsp3) is 0.143. The lowest BCUT2D eigenvalue weighted by molar-refractivity contribution is -0.148. The fourth-order valence-corrected chi connectivity index (χ4v) is 2.85. The number of rotatable bonds is 6. The van der Waals surface area contributed by atoms with Crippen molar-refractivity contribution < 1.29 is 19.1 Å². The first-order valence-corrected chi connectivity index (χ1v) is 9.16. The number of carbonyl (C=O) groups is 3. The molecule has 0 saturated carbocycles. The van der Waals surface area contributed by atoms with Crippen molar-refractivity contribution in [3.63, 3.8) is 0 Å². The number of ether oxygens (including phenoxy) is 1. The number of amides is 1. The van der Waals surface area contributed by atoms with Gasteiger partial charge in [-0.15, -0.1) is 0 Å². The first-order chi connectivity index (χ1) is 13.8. The molecule has 3 rings (SSSR count). The lowest BCUT2D eigenvalue weighted by Crippen LogP contribution is -2.29. The topological polar surface area (TPSA) is 89.8 Å². The van der Waals surface area contributed by atoms with Crippen LogP contribution in [-0.2, 0) is 14.3 Å². The number of halogens is 1. The molecule has 2 heterocycles. The molecule has 0 saturated heterocycles. The smallest absolute Gasteiger partial charge is 0.331 e. The summed E-state index contributed by atoms with van der Waals surface area (Å²) in [5, 5.41) is 2.86. The molecule has 1 aromatic carbocycles. The third kappa shape index (κ3) is 4.89. The van der Waals surface area contributed by atoms with Crippen molar-refractivity contribution in [3.05, 3.63) is 71.1 Å². The van der Waals surface area contributed by atoms with Crippen molar-refractivity contribution in [1.82, 2.24) is 9.38 Å². The van der Waals surface area contributed by atoms with E-state index in [1.165, 1.54) is 26.0 Å². The first kappa shape index (κ1) is 20.3. The summed E-state index contributed by atoms with van der Waals surface area (Å²) in [4.78, 5) is 40.0. The van der Waals surface area contributed by atoms with Gasteiger partial charge in [0.25, 0.3) is 5.91 Å². The largest absolute Gasteiger partial charge is 0.449 e. The Kier molecular flexibility index (Phi) is 6.09. The molecule has 1 atom stereocenters. The predicted molar refractivity (Wildman–Crippen MR) is 110 cm³/mol. The Morgan fingerprint density at radius 1 is 1.21 bits per heavy atom. The van der Waals surface area contributed by atoms with Crippen molar-refractivity contribution in [2.24, 2.45) is 0 Å². The van der Waals surface area contributed by atoms with Gasteiger partial charge in [-0.3, -0.25) is 14.0 Å². The molecule has 0 fully saturated rings. The highest BCUT2D eigenvalue weighted by Crippen LogP contribution is 2.19. The standard InChI is InChI=1S/C21H18ClN3O4/c1-13(26)15-6-5-7-16(12-15)23-21(28)14(2)29-19(27)10-9-17-20(22)24-18-8-3-4-11-25(17)18/h3-12,14H,1-2H3,(H,23,28)/b10-9+/t14-/m0/s1. The number of anilines is 1. The van der Waals surface area contributed by atoms with Gasteiger partial charge in [0.05, 0.1) is 5.69 Å². The van der Waals surface area contributed by atoms with E-state index in [9.17, 15) is 14.4 Å². The molecule has 7 nitrogen and oxygen atoms in total. The normalized spacial score (nSPS) is 12.1. The third-order valence-electron chi connectivity index (χ3n) is 4.10. The van der Waals surface area contributed by atoms with Gasteiger partial charge in [-0.05, 0) is 44.2 Å². The Morgan fingerprint density at radius 2 is 2.00 bits per heavy atom. The number of nitrogens with one attached hydrogen (secondary N) is 1. The van der Waals surface area contributed by atoms with Crippen LogP contribution in [-0.4, -0.2) is 33.1 Å².